The van der Waals surface area contributed by atoms with Crippen molar-refractivity contribution in [3.8, 4) is 0 Å². The van der Waals surface area contributed by atoms with E-state index in [1.165, 1.54) is 18.2 Å². The third kappa shape index (κ3) is 2.30. The normalized spacial score (nSPS) is 29.4. The lowest BCUT2D eigenvalue weighted by Crippen LogP contribution is -2.53. The van der Waals surface area contributed by atoms with Crippen LogP contribution in [0.2, 0.25) is 0 Å². The van der Waals surface area contributed by atoms with Gasteiger partial charge < -0.3 is 10.0 Å². The molecule has 2 aliphatic rings. The van der Waals surface area contributed by atoms with E-state index >= 15 is 0 Å². The minimum Gasteiger partial charge on any atom is -0.389 e. The van der Waals surface area contributed by atoms with Crippen molar-refractivity contribution < 1.29 is 5.11 Å². The average molecular weight is 282 g/mol. The molecule has 0 amide bonds. The highest BCUT2D eigenvalue weighted by Crippen LogP contribution is 2.40. The molecule has 1 N–H and O–H groups in total. The third-order valence-corrected chi connectivity index (χ3v) is 5.34. The zero-order chi connectivity index (χ0) is 14.3. The van der Waals surface area contributed by atoms with E-state index in [1.54, 1.807) is 0 Å². The van der Waals surface area contributed by atoms with Crippen molar-refractivity contribution in [1.29, 1.82) is 0 Å². The summed E-state index contributed by atoms with van der Waals surface area (Å²) in [5.74, 6) is 1.47. The lowest BCUT2D eigenvalue weighted by atomic mass is 9.71. The summed E-state index contributed by atoms with van der Waals surface area (Å²) in [4.78, 5) is 7.16. The van der Waals surface area contributed by atoms with Crippen molar-refractivity contribution >= 4 is 16.7 Å². The summed E-state index contributed by atoms with van der Waals surface area (Å²) in [6.45, 7) is 1.86. The van der Waals surface area contributed by atoms with Gasteiger partial charge in [-0.05, 0) is 37.5 Å². The molecule has 21 heavy (non-hydrogen) atoms. The topological polar surface area (TPSA) is 36.4 Å². The molecule has 0 bridgehead atoms. The monoisotopic (exact) mass is 282 g/mol. The van der Waals surface area contributed by atoms with Gasteiger partial charge in [-0.25, -0.2) is 4.98 Å². The van der Waals surface area contributed by atoms with E-state index in [4.69, 9.17) is 4.98 Å². The number of rotatable bonds is 1. The molecule has 1 aliphatic carbocycles. The van der Waals surface area contributed by atoms with E-state index < -0.39 is 5.60 Å². The number of benzene rings is 1. The van der Waals surface area contributed by atoms with Crippen molar-refractivity contribution in [2.45, 2.75) is 37.7 Å². The molecule has 0 spiro atoms. The number of anilines is 1. The number of aromatic nitrogens is 1. The number of aliphatic hydroxyl groups is 1. The van der Waals surface area contributed by atoms with Gasteiger partial charge >= 0.3 is 0 Å². The minimum absolute atomic E-state index is 0.410. The Hall–Kier alpha value is -1.61. The van der Waals surface area contributed by atoms with Gasteiger partial charge in [-0.15, -0.1) is 0 Å². The van der Waals surface area contributed by atoms with E-state index in [-0.39, 0.29) is 0 Å². The van der Waals surface area contributed by atoms with Crippen LogP contribution in [0.4, 0.5) is 5.82 Å². The van der Waals surface area contributed by atoms with Crippen LogP contribution in [0.1, 0.15) is 32.1 Å². The second-order valence-electron chi connectivity index (χ2n) is 6.60. The van der Waals surface area contributed by atoms with Crippen LogP contribution in [0.15, 0.2) is 36.4 Å². The van der Waals surface area contributed by atoms with Crippen LogP contribution in [0.3, 0.4) is 0 Å². The number of hydrogen-bond donors (Lipinski definition) is 1. The van der Waals surface area contributed by atoms with E-state index in [2.05, 4.69) is 29.2 Å². The number of hydrogen-bond acceptors (Lipinski definition) is 3. The Labute approximate surface area is 125 Å². The molecule has 1 aromatic heterocycles. The smallest absolute Gasteiger partial charge is 0.129 e. The Balaban J connectivity index is 1.61. The molecule has 2 fully saturated rings. The van der Waals surface area contributed by atoms with Crippen molar-refractivity contribution in [1.82, 2.24) is 4.98 Å². The molecular weight excluding hydrogens is 260 g/mol. The number of pyridine rings is 1. The first-order valence-electron chi connectivity index (χ1n) is 8.08. The predicted octanol–water partition coefficient (Wildman–Crippen LogP) is 3.37. The van der Waals surface area contributed by atoms with Crippen molar-refractivity contribution in [3.05, 3.63) is 36.4 Å². The molecule has 2 atom stereocenters. The van der Waals surface area contributed by atoms with Gasteiger partial charge in [0.25, 0.3) is 0 Å². The fraction of sp³-hybridized carbons (Fsp3) is 0.500. The fourth-order valence-corrected chi connectivity index (χ4v) is 4.01. The quantitative estimate of drug-likeness (QED) is 0.871. The summed E-state index contributed by atoms with van der Waals surface area (Å²) in [6, 6.07) is 12.5. The first kappa shape index (κ1) is 13.1. The van der Waals surface area contributed by atoms with E-state index in [0.717, 1.165) is 43.7 Å². The van der Waals surface area contributed by atoms with E-state index in [9.17, 15) is 5.11 Å². The van der Waals surface area contributed by atoms with Crippen molar-refractivity contribution in [3.63, 3.8) is 0 Å². The predicted molar refractivity (Wildman–Crippen MR) is 85.5 cm³/mol. The number of piperidine rings is 1. The van der Waals surface area contributed by atoms with Gasteiger partial charge in [0.1, 0.15) is 5.82 Å². The molecule has 1 saturated carbocycles. The summed E-state index contributed by atoms with van der Waals surface area (Å²) in [6.07, 6.45) is 5.45. The van der Waals surface area contributed by atoms with E-state index in [1.807, 2.05) is 12.1 Å². The van der Waals surface area contributed by atoms with E-state index in [0.29, 0.717) is 5.92 Å². The zero-order valence-corrected chi connectivity index (χ0v) is 12.3. The van der Waals surface area contributed by atoms with Crippen LogP contribution < -0.4 is 4.90 Å². The highest BCUT2D eigenvalue weighted by molar-refractivity contribution is 5.80. The molecule has 1 aromatic carbocycles. The second-order valence-corrected chi connectivity index (χ2v) is 6.60. The lowest BCUT2D eigenvalue weighted by Gasteiger charge is -2.47. The standard InChI is InChI=1S/C18H22N2O/c21-18-10-4-3-6-15(18)13-20(12-11-18)17-9-8-14-5-1-2-7-16(14)19-17/h1-2,5,7-9,15,21H,3-4,6,10-13H2. The maximum atomic E-state index is 10.8. The summed E-state index contributed by atoms with van der Waals surface area (Å²) in [5.41, 5.74) is 0.644. The summed E-state index contributed by atoms with van der Waals surface area (Å²) < 4.78 is 0. The summed E-state index contributed by atoms with van der Waals surface area (Å²) in [7, 11) is 0. The molecule has 110 valence electrons. The first-order chi connectivity index (χ1) is 10.2. The highest BCUT2D eigenvalue weighted by Gasteiger charge is 2.42. The van der Waals surface area contributed by atoms with Gasteiger partial charge in [-0.2, -0.15) is 0 Å². The molecule has 0 radical (unpaired) electrons. The van der Waals surface area contributed by atoms with Crippen LogP contribution >= 0.6 is 0 Å². The fourth-order valence-electron chi connectivity index (χ4n) is 4.01. The molecule has 3 heteroatoms. The Morgan fingerprint density at radius 2 is 2.00 bits per heavy atom. The largest absolute Gasteiger partial charge is 0.389 e. The maximum absolute atomic E-state index is 10.8. The zero-order valence-electron chi connectivity index (χ0n) is 12.3. The highest BCUT2D eigenvalue weighted by atomic mass is 16.3. The molecule has 1 aliphatic heterocycles. The molecule has 2 aromatic rings. The number of nitrogens with zero attached hydrogens (tertiary/aromatic N) is 2. The SMILES string of the molecule is OC12CCCCC1CN(c1ccc3ccccc3n1)CC2. The summed E-state index contributed by atoms with van der Waals surface area (Å²) >= 11 is 0. The summed E-state index contributed by atoms with van der Waals surface area (Å²) in [5, 5.41) is 12.0. The Kier molecular flexibility index (Phi) is 3.11. The van der Waals surface area contributed by atoms with Gasteiger partial charge in [0.05, 0.1) is 11.1 Å². The van der Waals surface area contributed by atoms with Gasteiger partial charge in [-0.1, -0.05) is 31.0 Å². The van der Waals surface area contributed by atoms with Gasteiger partial charge in [0.15, 0.2) is 0 Å². The van der Waals surface area contributed by atoms with Crippen LogP contribution in [0, 0.1) is 5.92 Å². The molecule has 1 saturated heterocycles. The maximum Gasteiger partial charge on any atom is 0.129 e. The van der Waals surface area contributed by atoms with Crippen LogP contribution in [0.25, 0.3) is 10.9 Å². The third-order valence-electron chi connectivity index (χ3n) is 5.34. The molecular formula is C18H22N2O. The minimum atomic E-state index is -0.411. The van der Waals surface area contributed by atoms with Crippen molar-refractivity contribution in [2.24, 2.45) is 5.92 Å². The number of para-hydroxylation sites is 1. The van der Waals surface area contributed by atoms with Crippen LogP contribution in [-0.4, -0.2) is 28.8 Å². The van der Waals surface area contributed by atoms with Crippen LogP contribution in [0.5, 0.6) is 0 Å². The molecule has 4 rings (SSSR count). The molecule has 3 nitrogen and oxygen atoms in total. The van der Waals surface area contributed by atoms with Gasteiger partial charge in [-0.3, -0.25) is 0 Å². The molecule has 2 unspecified atom stereocenters. The van der Waals surface area contributed by atoms with Crippen molar-refractivity contribution in [2.75, 3.05) is 18.0 Å². The molecule has 2 heterocycles. The Morgan fingerprint density at radius 1 is 1.10 bits per heavy atom. The van der Waals surface area contributed by atoms with Gasteiger partial charge in [0.2, 0.25) is 0 Å². The Bertz CT molecular complexity index is 656. The van der Waals surface area contributed by atoms with Crippen LogP contribution in [-0.2, 0) is 0 Å². The average Bonchev–Trinajstić information content (AvgIpc) is 2.53. The lowest BCUT2D eigenvalue weighted by molar-refractivity contribution is -0.0613. The number of fused-ring (bicyclic) bond motifs is 2. The van der Waals surface area contributed by atoms with Gasteiger partial charge in [0, 0.05) is 24.4 Å². The second kappa shape index (κ2) is 4.99. The first-order valence-corrected chi connectivity index (χ1v) is 8.08. The Morgan fingerprint density at radius 3 is 2.95 bits per heavy atom.